The minimum Gasteiger partial charge on any atom is -0.346 e. The average molecular weight is 404 g/mol. The fourth-order valence-electron chi connectivity index (χ4n) is 2.88. The van der Waals surface area contributed by atoms with Crippen LogP contribution in [0.2, 0.25) is 0 Å². The molecule has 1 N–H and O–H groups in total. The Morgan fingerprint density at radius 3 is 2.54 bits per heavy atom. The minimum atomic E-state index is -4.07. The summed E-state index contributed by atoms with van der Waals surface area (Å²) in [6, 6.07) is 6.80. The number of nitro benzene ring substituents is 1. The molecular weight excluding hydrogens is 378 g/mol. The number of nitrogens with one attached hydrogen (secondary N) is 1. The molecule has 0 amide bonds. The van der Waals surface area contributed by atoms with Crippen LogP contribution in [0.25, 0.3) is 12.2 Å². The molecule has 7 nitrogen and oxygen atoms in total. The molecule has 28 heavy (non-hydrogen) atoms. The van der Waals surface area contributed by atoms with Gasteiger partial charge in [0.15, 0.2) is 4.90 Å². The zero-order chi connectivity index (χ0) is 20.9. The first-order valence-electron chi connectivity index (χ1n) is 8.91. The number of sulfonamides is 1. The molecule has 2 aromatic rings. The predicted octanol–water partition coefficient (Wildman–Crippen LogP) is 4.08. The van der Waals surface area contributed by atoms with E-state index in [2.05, 4.69) is 11.3 Å². The van der Waals surface area contributed by atoms with Crippen LogP contribution in [0.3, 0.4) is 0 Å². The van der Waals surface area contributed by atoms with Crippen molar-refractivity contribution in [3.8, 4) is 0 Å². The number of nitro groups is 1. The molecule has 0 aliphatic carbocycles. The Morgan fingerprint density at radius 1 is 1.29 bits per heavy atom. The van der Waals surface area contributed by atoms with E-state index >= 15 is 0 Å². The van der Waals surface area contributed by atoms with Crippen LogP contribution < -0.4 is 4.72 Å². The van der Waals surface area contributed by atoms with Crippen LogP contribution in [-0.4, -0.2) is 24.0 Å². The van der Waals surface area contributed by atoms with Crippen LogP contribution in [0.1, 0.15) is 32.0 Å². The van der Waals surface area contributed by atoms with E-state index in [9.17, 15) is 18.5 Å². The Kier molecular flexibility index (Phi) is 6.93. The zero-order valence-electron chi connectivity index (χ0n) is 16.2. The first kappa shape index (κ1) is 21.6. The van der Waals surface area contributed by atoms with Crippen LogP contribution >= 0.6 is 0 Å². The number of rotatable bonds is 9. The van der Waals surface area contributed by atoms with Gasteiger partial charge in [0.1, 0.15) is 0 Å². The summed E-state index contributed by atoms with van der Waals surface area (Å²) < 4.78 is 30.4. The lowest BCUT2D eigenvalue weighted by Crippen LogP contribution is -2.41. The fraction of sp³-hybridized carbons (Fsp3) is 0.300. The van der Waals surface area contributed by atoms with Gasteiger partial charge in [0.2, 0.25) is 10.0 Å². The van der Waals surface area contributed by atoms with Gasteiger partial charge in [-0.15, -0.1) is 0 Å². The summed E-state index contributed by atoms with van der Waals surface area (Å²) in [6.45, 7) is 9.89. The molecule has 8 heteroatoms. The minimum absolute atomic E-state index is 0.0365. The normalized spacial score (nSPS) is 13.1. The summed E-state index contributed by atoms with van der Waals surface area (Å²) in [7, 11) is -4.07. The lowest BCUT2D eigenvalue weighted by Gasteiger charge is -2.24. The van der Waals surface area contributed by atoms with Gasteiger partial charge >= 0.3 is 0 Å². The van der Waals surface area contributed by atoms with E-state index in [1.165, 1.54) is 24.3 Å². The van der Waals surface area contributed by atoms with Crippen LogP contribution in [0.15, 0.2) is 54.1 Å². The van der Waals surface area contributed by atoms with Crippen LogP contribution in [0.5, 0.6) is 0 Å². The van der Waals surface area contributed by atoms with E-state index in [1.807, 2.05) is 49.8 Å². The second-order valence-electron chi connectivity index (χ2n) is 6.71. The number of allylic oxidation sites excluding steroid dienone is 1. The van der Waals surface area contributed by atoms with Gasteiger partial charge < -0.3 is 4.57 Å². The summed E-state index contributed by atoms with van der Waals surface area (Å²) >= 11 is 0. The number of hydrogen-bond donors (Lipinski definition) is 1. The Hall–Kier alpha value is -2.71. The van der Waals surface area contributed by atoms with Crippen LogP contribution in [0.4, 0.5) is 5.69 Å². The van der Waals surface area contributed by atoms with E-state index in [-0.39, 0.29) is 10.8 Å². The number of aromatic nitrogens is 1. The van der Waals surface area contributed by atoms with Gasteiger partial charge in [0.05, 0.1) is 4.92 Å². The van der Waals surface area contributed by atoms with Crippen molar-refractivity contribution in [2.45, 2.75) is 38.3 Å². The summed E-state index contributed by atoms with van der Waals surface area (Å²) in [5.41, 5.74) is 1.43. The van der Waals surface area contributed by atoms with Gasteiger partial charge in [-0.05, 0) is 36.6 Å². The maximum absolute atomic E-state index is 12.9. The third-order valence-corrected chi connectivity index (χ3v) is 5.98. The fourth-order valence-corrected chi connectivity index (χ4v) is 4.43. The van der Waals surface area contributed by atoms with Crippen molar-refractivity contribution in [1.29, 1.82) is 0 Å². The smallest absolute Gasteiger partial charge is 0.289 e. The molecule has 0 saturated heterocycles. The summed E-state index contributed by atoms with van der Waals surface area (Å²) in [5, 5.41) is 11.2. The molecule has 0 radical (unpaired) electrons. The van der Waals surface area contributed by atoms with Crippen molar-refractivity contribution in [3.63, 3.8) is 0 Å². The highest BCUT2D eigenvalue weighted by Crippen LogP contribution is 2.24. The van der Waals surface area contributed by atoms with Gasteiger partial charge in [-0.3, -0.25) is 10.1 Å². The Balaban J connectivity index is 2.38. The maximum Gasteiger partial charge on any atom is 0.289 e. The van der Waals surface area contributed by atoms with E-state index in [0.717, 1.165) is 11.3 Å². The third-order valence-electron chi connectivity index (χ3n) is 4.44. The molecule has 0 spiro atoms. The lowest BCUT2D eigenvalue weighted by molar-refractivity contribution is -0.387. The van der Waals surface area contributed by atoms with Crippen molar-refractivity contribution in [2.24, 2.45) is 5.92 Å². The van der Waals surface area contributed by atoms with Crippen molar-refractivity contribution >= 4 is 27.9 Å². The molecule has 150 valence electrons. The first-order chi connectivity index (χ1) is 13.2. The quantitative estimate of drug-likeness (QED) is 0.504. The van der Waals surface area contributed by atoms with Crippen molar-refractivity contribution < 1.29 is 13.3 Å². The molecule has 1 atom stereocenters. The van der Waals surface area contributed by atoms with E-state index in [4.69, 9.17) is 0 Å². The van der Waals surface area contributed by atoms with Crippen molar-refractivity contribution in [3.05, 3.63) is 70.6 Å². The Labute approximate surface area is 165 Å². The van der Waals surface area contributed by atoms with Gasteiger partial charge in [-0.2, -0.15) is 0 Å². The maximum atomic E-state index is 12.9. The standard InChI is InChI=1S/C20H25N3O4S/c1-5-9-18-16(6-2)12-13-22(18)14-17(15(3)4)21-28(26,27)20-11-8-7-10-19(20)23(24)25/h5-13,15,17,21H,2,14H2,1,3-4H3/b9-5-. The summed E-state index contributed by atoms with van der Waals surface area (Å²) in [6.07, 6.45) is 7.46. The van der Waals surface area contributed by atoms with Crippen molar-refractivity contribution in [2.75, 3.05) is 0 Å². The molecule has 0 aliphatic rings. The third kappa shape index (κ3) is 4.76. The molecule has 0 bridgehead atoms. The molecule has 0 aliphatic heterocycles. The average Bonchev–Trinajstić information content (AvgIpc) is 3.03. The van der Waals surface area contributed by atoms with Gasteiger partial charge in [0, 0.05) is 30.5 Å². The summed E-state index contributed by atoms with van der Waals surface area (Å²) in [5.74, 6) is -0.0365. The largest absolute Gasteiger partial charge is 0.346 e. The number of benzene rings is 1. The highest BCUT2D eigenvalue weighted by molar-refractivity contribution is 7.89. The monoisotopic (exact) mass is 403 g/mol. The van der Waals surface area contributed by atoms with Gasteiger partial charge in [0.25, 0.3) is 5.69 Å². The van der Waals surface area contributed by atoms with Crippen LogP contribution in [0, 0.1) is 16.0 Å². The number of para-hydroxylation sites is 1. The highest BCUT2D eigenvalue weighted by atomic mass is 32.2. The molecule has 0 saturated carbocycles. The zero-order valence-corrected chi connectivity index (χ0v) is 17.0. The molecule has 0 fully saturated rings. The summed E-state index contributed by atoms with van der Waals surface area (Å²) in [4.78, 5) is 10.2. The molecule has 1 aromatic carbocycles. The van der Waals surface area contributed by atoms with E-state index in [1.54, 1.807) is 6.08 Å². The Morgan fingerprint density at radius 2 is 1.96 bits per heavy atom. The molecule has 1 heterocycles. The first-order valence-corrected chi connectivity index (χ1v) is 10.4. The van der Waals surface area contributed by atoms with Crippen LogP contribution in [-0.2, 0) is 16.6 Å². The number of nitrogens with zero attached hydrogens (tertiary/aromatic N) is 2. The second kappa shape index (κ2) is 8.99. The second-order valence-corrected chi connectivity index (χ2v) is 8.39. The van der Waals surface area contributed by atoms with E-state index in [0.29, 0.717) is 6.54 Å². The molecule has 2 rings (SSSR count). The molecule has 1 unspecified atom stereocenters. The Bertz CT molecular complexity index is 991. The van der Waals surface area contributed by atoms with Crippen molar-refractivity contribution in [1.82, 2.24) is 9.29 Å². The van der Waals surface area contributed by atoms with Gasteiger partial charge in [-0.1, -0.05) is 44.7 Å². The van der Waals surface area contributed by atoms with E-state index < -0.39 is 26.7 Å². The number of hydrogen-bond acceptors (Lipinski definition) is 4. The highest BCUT2D eigenvalue weighted by Gasteiger charge is 2.29. The van der Waals surface area contributed by atoms with Gasteiger partial charge in [-0.25, -0.2) is 13.1 Å². The predicted molar refractivity (Wildman–Crippen MR) is 111 cm³/mol. The lowest BCUT2D eigenvalue weighted by atomic mass is 10.1. The topological polar surface area (TPSA) is 94.2 Å². The molecular formula is C20H25N3O4S. The SMILES string of the molecule is C=Cc1ccn(CC(NS(=O)(=O)c2ccccc2[N+](=O)[O-])C(C)C)c1/C=C\C. The molecule has 1 aromatic heterocycles.